The van der Waals surface area contributed by atoms with Gasteiger partial charge >= 0.3 is 0 Å². The summed E-state index contributed by atoms with van der Waals surface area (Å²) < 4.78 is 13.2. The summed E-state index contributed by atoms with van der Waals surface area (Å²) in [6.45, 7) is 8.51. The van der Waals surface area contributed by atoms with Gasteiger partial charge < -0.3 is 14.2 Å². The van der Waals surface area contributed by atoms with E-state index in [1.54, 1.807) is 29.4 Å². The van der Waals surface area contributed by atoms with Crippen LogP contribution in [-0.2, 0) is 13.2 Å². The second kappa shape index (κ2) is 7.95. The molecule has 0 aliphatic heterocycles. The number of aromatic nitrogens is 3. The molecule has 4 rings (SSSR count). The van der Waals surface area contributed by atoms with Crippen LogP contribution in [0.25, 0.3) is 4.96 Å². The van der Waals surface area contributed by atoms with Crippen molar-refractivity contribution < 1.29 is 14.1 Å². The number of thiazole rings is 1. The van der Waals surface area contributed by atoms with Crippen LogP contribution in [0.4, 0.5) is 0 Å². The Morgan fingerprint density at radius 1 is 1.20 bits per heavy atom. The van der Waals surface area contributed by atoms with Crippen LogP contribution < -0.4 is 4.74 Å². The van der Waals surface area contributed by atoms with Gasteiger partial charge in [0.05, 0.1) is 34.8 Å². The van der Waals surface area contributed by atoms with Gasteiger partial charge in [0.15, 0.2) is 4.96 Å². The average Bonchev–Trinajstić information content (AvgIpc) is 3.33. The van der Waals surface area contributed by atoms with Crippen molar-refractivity contribution in [3.8, 4) is 5.75 Å². The van der Waals surface area contributed by atoms with Gasteiger partial charge in [0.25, 0.3) is 5.91 Å². The predicted octanol–water partition coefficient (Wildman–Crippen LogP) is 4.47. The standard InChI is InChI=1S/C22H24N4O3S/c1-13-10-26-19(15(3)23-22(26)30-13)11-25(5)21(27)17-8-6-7-9-20(17)28-12-18-14(2)24-29-16(18)4/h6-10H,11-12H2,1-5H3. The molecule has 1 aromatic carbocycles. The van der Waals surface area contributed by atoms with E-state index < -0.39 is 0 Å². The number of amides is 1. The van der Waals surface area contributed by atoms with E-state index in [0.717, 1.165) is 33.4 Å². The molecular weight excluding hydrogens is 400 g/mol. The molecule has 1 amide bonds. The highest BCUT2D eigenvalue weighted by molar-refractivity contribution is 7.17. The van der Waals surface area contributed by atoms with E-state index in [4.69, 9.17) is 9.26 Å². The highest BCUT2D eigenvalue weighted by atomic mass is 32.1. The van der Waals surface area contributed by atoms with Gasteiger partial charge in [0.1, 0.15) is 18.1 Å². The Hall–Kier alpha value is -3.13. The van der Waals surface area contributed by atoms with Crippen LogP contribution in [0.3, 0.4) is 0 Å². The van der Waals surface area contributed by atoms with E-state index in [9.17, 15) is 4.79 Å². The highest BCUT2D eigenvalue weighted by Crippen LogP contribution is 2.25. The number of aryl methyl sites for hydroxylation is 4. The Labute approximate surface area is 178 Å². The Balaban J connectivity index is 1.55. The zero-order valence-corrected chi connectivity index (χ0v) is 18.5. The summed E-state index contributed by atoms with van der Waals surface area (Å²) >= 11 is 1.64. The Morgan fingerprint density at radius 3 is 2.70 bits per heavy atom. The summed E-state index contributed by atoms with van der Waals surface area (Å²) in [7, 11) is 1.80. The summed E-state index contributed by atoms with van der Waals surface area (Å²) in [6.07, 6.45) is 2.06. The first kappa shape index (κ1) is 20.2. The number of para-hydroxylation sites is 1. The number of ether oxygens (including phenoxy) is 1. The van der Waals surface area contributed by atoms with Crippen molar-refractivity contribution in [1.82, 2.24) is 19.4 Å². The summed E-state index contributed by atoms with van der Waals surface area (Å²) in [5.41, 5.74) is 4.16. The van der Waals surface area contributed by atoms with Gasteiger partial charge in [-0.15, -0.1) is 11.3 Å². The zero-order chi connectivity index (χ0) is 21.4. The van der Waals surface area contributed by atoms with E-state index in [2.05, 4.69) is 27.7 Å². The van der Waals surface area contributed by atoms with Crippen molar-refractivity contribution in [3.05, 3.63) is 69.3 Å². The highest BCUT2D eigenvalue weighted by Gasteiger charge is 2.20. The second-order valence-corrected chi connectivity index (χ2v) is 8.60. The number of rotatable bonds is 6. The third-order valence-corrected chi connectivity index (χ3v) is 6.04. The lowest BCUT2D eigenvalue weighted by molar-refractivity contribution is 0.0778. The molecule has 3 heterocycles. The van der Waals surface area contributed by atoms with Crippen LogP contribution in [0.2, 0.25) is 0 Å². The third-order valence-electron chi connectivity index (χ3n) is 5.15. The van der Waals surface area contributed by atoms with Gasteiger partial charge in [-0.2, -0.15) is 0 Å². The lowest BCUT2D eigenvalue weighted by Gasteiger charge is -2.19. The molecule has 8 heteroatoms. The number of carbonyl (C=O) groups excluding carboxylic acids is 1. The number of benzene rings is 1. The number of hydrogen-bond donors (Lipinski definition) is 0. The van der Waals surface area contributed by atoms with Gasteiger partial charge in [0.2, 0.25) is 0 Å². The molecule has 3 aromatic heterocycles. The van der Waals surface area contributed by atoms with Crippen LogP contribution >= 0.6 is 11.3 Å². The number of nitrogens with zero attached hydrogens (tertiary/aromatic N) is 4. The fourth-order valence-corrected chi connectivity index (χ4v) is 4.32. The molecule has 0 saturated carbocycles. The van der Waals surface area contributed by atoms with Crippen LogP contribution in [0.5, 0.6) is 5.75 Å². The number of hydrogen-bond acceptors (Lipinski definition) is 6. The molecule has 0 radical (unpaired) electrons. The first-order chi connectivity index (χ1) is 14.3. The van der Waals surface area contributed by atoms with Gasteiger partial charge in [-0.3, -0.25) is 9.20 Å². The van der Waals surface area contributed by atoms with Crippen molar-refractivity contribution >= 4 is 22.2 Å². The topological polar surface area (TPSA) is 72.9 Å². The van der Waals surface area contributed by atoms with Gasteiger partial charge in [0, 0.05) is 18.1 Å². The fraction of sp³-hybridized carbons (Fsp3) is 0.318. The van der Waals surface area contributed by atoms with Crippen molar-refractivity contribution in [2.75, 3.05) is 7.05 Å². The maximum atomic E-state index is 13.2. The summed E-state index contributed by atoms with van der Waals surface area (Å²) in [6, 6.07) is 7.30. The van der Waals surface area contributed by atoms with E-state index in [1.807, 2.05) is 39.0 Å². The fourth-order valence-electron chi connectivity index (χ4n) is 3.43. The Kier molecular flexibility index (Phi) is 5.34. The Bertz CT molecular complexity index is 1200. The largest absolute Gasteiger partial charge is 0.488 e. The van der Waals surface area contributed by atoms with Crippen LogP contribution in [0.15, 0.2) is 35.0 Å². The molecule has 30 heavy (non-hydrogen) atoms. The van der Waals surface area contributed by atoms with Crippen molar-refractivity contribution in [3.63, 3.8) is 0 Å². The molecular formula is C22H24N4O3S. The smallest absolute Gasteiger partial charge is 0.257 e. The minimum atomic E-state index is -0.106. The first-order valence-corrected chi connectivity index (χ1v) is 10.5. The van der Waals surface area contributed by atoms with E-state index in [-0.39, 0.29) is 5.91 Å². The summed E-state index contributed by atoms with van der Waals surface area (Å²) in [5.74, 6) is 1.15. The predicted molar refractivity (Wildman–Crippen MR) is 115 cm³/mol. The van der Waals surface area contributed by atoms with E-state index in [0.29, 0.717) is 24.5 Å². The van der Waals surface area contributed by atoms with Crippen molar-refractivity contribution in [2.24, 2.45) is 0 Å². The molecule has 0 unspecified atom stereocenters. The monoisotopic (exact) mass is 424 g/mol. The second-order valence-electron chi connectivity index (χ2n) is 7.39. The molecule has 7 nitrogen and oxygen atoms in total. The molecule has 0 N–H and O–H groups in total. The molecule has 0 fully saturated rings. The molecule has 0 atom stereocenters. The van der Waals surface area contributed by atoms with Crippen LogP contribution in [-0.4, -0.2) is 32.4 Å². The molecule has 0 spiro atoms. The third kappa shape index (κ3) is 3.70. The van der Waals surface area contributed by atoms with E-state index >= 15 is 0 Å². The van der Waals surface area contributed by atoms with Gasteiger partial charge in [-0.25, -0.2) is 4.98 Å². The normalized spacial score (nSPS) is 11.2. The maximum Gasteiger partial charge on any atom is 0.257 e. The lowest BCUT2D eigenvalue weighted by Crippen LogP contribution is -2.27. The summed E-state index contributed by atoms with van der Waals surface area (Å²) in [5, 5.41) is 3.95. The van der Waals surface area contributed by atoms with Gasteiger partial charge in [-0.1, -0.05) is 17.3 Å². The Morgan fingerprint density at radius 2 is 1.97 bits per heavy atom. The maximum absolute atomic E-state index is 13.2. The molecule has 4 aromatic rings. The molecule has 0 aliphatic carbocycles. The van der Waals surface area contributed by atoms with E-state index in [1.165, 1.54) is 4.88 Å². The number of imidazole rings is 1. The molecule has 0 aliphatic rings. The van der Waals surface area contributed by atoms with Crippen LogP contribution in [0, 0.1) is 27.7 Å². The van der Waals surface area contributed by atoms with Crippen LogP contribution in [0.1, 0.15) is 43.6 Å². The lowest BCUT2D eigenvalue weighted by atomic mass is 10.1. The molecule has 0 bridgehead atoms. The van der Waals surface area contributed by atoms with Crippen molar-refractivity contribution in [2.45, 2.75) is 40.8 Å². The minimum absolute atomic E-state index is 0.106. The first-order valence-electron chi connectivity index (χ1n) is 9.68. The number of fused-ring (bicyclic) bond motifs is 1. The minimum Gasteiger partial charge on any atom is -0.488 e. The SMILES string of the molecule is Cc1cn2c(CN(C)C(=O)c3ccccc3OCc3c(C)noc3C)c(C)nc2s1. The molecule has 156 valence electrons. The average molecular weight is 425 g/mol. The summed E-state index contributed by atoms with van der Waals surface area (Å²) in [4.78, 5) is 21.7. The number of carbonyl (C=O) groups is 1. The van der Waals surface area contributed by atoms with Gasteiger partial charge in [-0.05, 0) is 39.8 Å². The zero-order valence-electron chi connectivity index (χ0n) is 17.7. The van der Waals surface area contributed by atoms with Crippen molar-refractivity contribution in [1.29, 1.82) is 0 Å². The molecule has 0 saturated heterocycles. The quantitative estimate of drug-likeness (QED) is 0.457.